The Morgan fingerprint density at radius 1 is 0.474 bits per heavy atom. The van der Waals surface area contributed by atoms with E-state index >= 15 is 4.79 Å². The molecule has 0 bridgehead atoms. The van der Waals surface area contributed by atoms with Gasteiger partial charge in [0.1, 0.15) is 22.3 Å². The summed E-state index contributed by atoms with van der Waals surface area (Å²) in [4.78, 5) is 15.7. The van der Waals surface area contributed by atoms with Gasteiger partial charge in [-0.15, -0.1) is 0 Å². The van der Waals surface area contributed by atoms with Crippen LogP contribution in [0.25, 0.3) is 104 Å². The third kappa shape index (κ3) is 3.77. The van der Waals surface area contributed by atoms with Crippen molar-refractivity contribution in [2.75, 3.05) is 0 Å². The fourth-order valence-electron chi connectivity index (χ4n) is 10.9. The molecule has 0 aliphatic carbocycles. The first kappa shape index (κ1) is 31.1. The number of nitrogens with zero attached hydrogens (tertiary/aromatic N) is 1. The van der Waals surface area contributed by atoms with Crippen LogP contribution in [0.15, 0.2) is 153 Å². The molecule has 0 atom stereocenters. The number of para-hydroxylation sites is 3. The molecule has 8 aromatic carbocycles. The van der Waals surface area contributed by atoms with E-state index in [2.05, 4.69) is 128 Å². The third-order valence-corrected chi connectivity index (χ3v) is 12.8. The zero-order chi connectivity index (χ0) is 37.8. The molecule has 5 heteroatoms. The molecule has 5 heterocycles. The van der Waals surface area contributed by atoms with Crippen LogP contribution in [0.5, 0.6) is 0 Å². The van der Waals surface area contributed by atoms with Gasteiger partial charge in [-0.1, -0.05) is 143 Å². The van der Waals surface area contributed by atoms with Crippen molar-refractivity contribution in [3.63, 3.8) is 0 Å². The molecule has 1 aliphatic heterocycles. The Balaban J connectivity index is 1.45. The molecule has 266 valence electrons. The molecule has 0 amide bonds. The Morgan fingerprint density at radius 3 is 1.63 bits per heavy atom. The summed E-state index contributed by atoms with van der Waals surface area (Å²) in [5, 5.41) is 7.67. The highest BCUT2D eigenvalue weighted by Crippen LogP contribution is 2.52. The summed E-state index contributed by atoms with van der Waals surface area (Å²) in [5.41, 5.74) is 17.5. The van der Waals surface area contributed by atoms with Gasteiger partial charge in [-0.25, -0.2) is 0 Å². The molecule has 4 aromatic heterocycles. The molecule has 12 aromatic rings. The van der Waals surface area contributed by atoms with Gasteiger partial charge in [0, 0.05) is 48.8 Å². The van der Waals surface area contributed by atoms with Crippen molar-refractivity contribution in [3.8, 4) is 22.3 Å². The fraction of sp³-hybridized carbons (Fsp3) is 0.0577. The number of furan rings is 2. The van der Waals surface area contributed by atoms with Crippen LogP contribution in [0.4, 0.5) is 0 Å². The lowest BCUT2D eigenvalue weighted by Crippen LogP contribution is -2.57. The van der Waals surface area contributed by atoms with E-state index in [4.69, 9.17) is 8.83 Å². The number of aromatic nitrogens is 1. The minimum absolute atomic E-state index is 0.0180. The summed E-state index contributed by atoms with van der Waals surface area (Å²) in [6.07, 6.45) is 0. The molecular formula is C52H32BNO3. The van der Waals surface area contributed by atoms with Crippen molar-refractivity contribution < 1.29 is 8.83 Å². The molecule has 0 N–H and O–H groups in total. The highest BCUT2D eigenvalue weighted by atomic mass is 16.3. The second-order valence-corrected chi connectivity index (χ2v) is 16.0. The minimum Gasteiger partial charge on any atom is -0.455 e. The van der Waals surface area contributed by atoms with Crippen molar-refractivity contribution in [1.82, 2.24) is 4.40 Å². The van der Waals surface area contributed by atoms with Crippen LogP contribution in [-0.2, 0) is 0 Å². The Labute approximate surface area is 326 Å². The monoisotopic (exact) mass is 729 g/mol. The lowest BCUT2D eigenvalue weighted by molar-refractivity contribution is 0.670. The second-order valence-electron chi connectivity index (χ2n) is 16.0. The highest BCUT2D eigenvalue weighted by molar-refractivity contribution is 7.00. The van der Waals surface area contributed by atoms with Crippen molar-refractivity contribution in [2.45, 2.75) is 20.8 Å². The molecule has 0 radical (unpaired) electrons. The van der Waals surface area contributed by atoms with Crippen molar-refractivity contribution >= 4 is 105 Å². The van der Waals surface area contributed by atoms with Crippen LogP contribution in [0, 0.1) is 20.8 Å². The maximum atomic E-state index is 15.7. The van der Waals surface area contributed by atoms with Gasteiger partial charge in [0.05, 0.1) is 21.9 Å². The fourth-order valence-corrected chi connectivity index (χ4v) is 10.9. The number of hydrogen-bond acceptors (Lipinski definition) is 3. The number of aryl methyl sites for hydroxylation is 3. The standard InChI is InChI=1S/C52H32BNO3/c1-27-25-28(2)45(29(3)26-27)53-35-22-14-21-34-47(35)54-48-42(40-32-19-10-12-23-36(32)56-51(40)38(44(48)50(34)55)30-15-6-4-7-16-30)43-41-33-20-11-13-24-37(33)57-52(41)39(46(53)49(43)54)31-17-8-5-9-18-31/h4-26H,1-3H3. The van der Waals surface area contributed by atoms with Crippen LogP contribution in [-0.4, -0.2) is 11.1 Å². The van der Waals surface area contributed by atoms with E-state index in [-0.39, 0.29) is 12.1 Å². The van der Waals surface area contributed by atoms with E-state index in [0.717, 1.165) is 98.9 Å². The van der Waals surface area contributed by atoms with Crippen LogP contribution in [0.1, 0.15) is 16.7 Å². The smallest absolute Gasteiger partial charge is 0.248 e. The van der Waals surface area contributed by atoms with Gasteiger partial charge < -0.3 is 13.2 Å². The zero-order valence-corrected chi connectivity index (χ0v) is 31.5. The number of hydrogen-bond donors (Lipinski definition) is 0. The molecule has 0 saturated carbocycles. The lowest BCUT2D eigenvalue weighted by atomic mass is 9.33. The summed E-state index contributed by atoms with van der Waals surface area (Å²) in [5.74, 6) is 0. The zero-order valence-electron chi connectivity index (χ0n) is 31.5. The average molecular weight is 730 g/mol. The first-order valence-corrected chi connectivity index (χ1v) is 19.7. The molecular weight excluding hydrogens is 697 g/mol. The van der Waals surface area contributed by atoms with Crippen molar-refractivity contribution in [1.29, 1.82) is 0 Å². The lowest BCUT2D eigenvalue weighted by Gasteiger charge is -2.29. The summed E-state index contributed by atoms with van der Waals surface area (Å²) < 4.78 is 16.6. The number of benzene rings is 8. The van der Waals surface area contributed by atoms with E-state index in [9.17, 15) is 0 Å². The molecule has 0 unspecified atom stereocenters. The van der Waals surface area contributed by atoms with E-state index in [0.29, 0.717) is 10.8 Å². The number of rotatable bonds is 3. The van der Waals surface area contributed by atoms with E-state index in [1.165, 1.54) is 27.6 Å². The maximum absolute atomic E-state index is 15.7. The van der Waals surface area contributed by atoms with E-state index < -0.39 is 0 Å². The summed E-state index contributed by atoms with van der Waals surface area (Å²) in [7, 11) is 0. The average Bonchev–Trinajstić information content (AvgIpc) is 3.91. The molecule has 1 aliphatic rings. The normalized spacial score (nSPS) is 12.9. The highest BCUT2D eigenvalue weighted by Gasteiger charge is 2.41. The van der Waals surface area contributed by atoms with Crippen LogP contribution in [0.2, 0.25) is 0 Å². The molecule has 0 saturated heterocycles. The molecule has 13 rings (SSSR count). The predicted molar refractivity (Wildman–Crippen MR) is 238 cm³/mol. The Kier molecular flexibility index (Phi) is 5.90. The Bertz CT molecular complexity index is 3770. The van der Waals surface area contributed by atoms with Gasteiger partial charge >= 0.3 is 0 Å². The molecule has 57 heavy (non-hydrogen) atoms. The van der Waals surface area contributed by atoms with Gasteiger partial charge in [-0.3, -0.25) is 4.79 Å². The second kappa shape index (κ2) is 10.8. The maximum Gasteiger partial charge on any atom is 0.248 e. The minimum atomic E-state index is -0.188. The van der Waals surface area contributed by atoms with E-state index in [1.54, 1.807) is 0 Å². The predicted octanol–water partition coefficient (Wildman–Crippen LogP) is 11.1. The summed E-state index contributed by atoms with van der Waals surface area (Å²) in [6.45, 7) is 6.47. The van der Waals surface area contributed by atoms with Gasteiger partial charge in [-0.05, 0) is 61.0 Å². The first-order valence-electron chi connectivity index (χ1n) is 19.7. The summed E-state index contributed by atoms with van der Waals surface area (Å²) >= 11 is 0. The molecule has 0 spiro atoms. The number of pyridine rings is 1. The van der Waals surface area contributed by atoms with Crippen LogP contribution in [0.3, 0.4) is 0 Å². The largest absolute Gasteiger partial charge is 0.455 e. The van der Waals surface area contributed by atoms with Gasteiger partial charge in [0.15, 0.2) is 5.43 Å². The molecule has 4 nitrogen and oxygen atoms in total. The summed E-state index contributed by atoms with van der Waals surface area (Å²) in [6, 6.07) is 48.8. The van der Waals surface area contributed by atoms with Crippen molar-refractivity contribution in [2.24, 2.45) is 0 Å². The number of fused-ring (bicyclic) bond motifs is 9. The van der Waals surface area contributed by atoms with Crippen LogP contribution < -0.4 is 21.8 Å². The van der Waals surface area contributed by atoms with Crippen LogP contribution >= 0.6 is 0 Å². The quantitative estimate of drug-likeness (QED) is 0.134. The topological polar surface area (TPSA) is 47.8 Å². The Hall–Kier alpha value is -7.11. The van der Waals surface area contributed by atoms with Gasteiger partial charge in [-0.2, -0.15) is 0 Å². The van der Waals surface area contributed by atoms with E-state index in [1.807, 2.05) is 36.4 Å². The first-order chi connectivity index (χ1) is 28.0. The SMILES string of the molecule is Cc1cc(C)c(B2c3cccc4c(=O)c5c(-c6ccccc6)c6oc7ccccc7c6c6c7c8c(oc9ccccc98)c(-c8ccccc8)c2c7n(c34)c56)c(C)c1. The van der Waals surface area contributed by atoms with Gasteiger partial charge in [0.2, 0.25) is 6.71 Å². The van der Waals surface area contributed by atoms with Gasteiger partial charge in [0.25, 0.3) is 0 Å². The Morgan fingerprint density at radius 2 is 1.00 bits per heavy atom. The molecule has 0 fully saturated rings. The van der Waals surface area contributed by atoms with Crippen molar-refractivity contribution in [3.05, 3.63) is 166 Å². The third-order valence-electron chi connectivity index (χ3n) is 12.8.